The molecule has 0 heteroatoms. The Hall–Kier alpha value is 0. The van der Waals surface area contributed by atoms with Gasteiger partial charge in [-0.05, 0) is 11.8 Å². The summed E-state index contributed by atoms with van der Waals surface area (Å²) in [7, 11) is 0. The van der Waals surface area contributed by atoms with Crippen molar-refractivity contribution in [1.29, 1.82) is 0 Å². The van der Waals surface area contributed by atoms with Gasteiger partial charge in [0.2, 0.25) is 0 Å². The molecule has 0 aromatic rings. The Balaban J connectivity index is 3.02. The van der Waals surface area contributed by atoms with Crippen LogP contribution in [0.5, 0.6) is 0 Å². The van der Waals surface area contributed by atoms with Crippen molar-refractivity contribution in [3.8, 4) is 0 Å². The summed E-state index contributed by atoms with van der Waals surface area (Å²) >= 11 is 0. The fourth-order valence-corrected chi connectivity index (χ4v) is 4.97. The van der Waals surface area contributed by atoms with E-state index in [1.54, 1.807) is 0 Å². The Labute approximate surface area is 206 Å². The molecule has 0 aromatic carbocycles. The van der Waals surface area contributed by atoms with E-state index in [-0.39, 0.29) is 0 Å². The topological polar surface area (TPSA) is 0 Å². The van der Waals surface area contributed by atoms with Crippen LogP contribution < -0.4 is 0 Å². The molecule has 0 atom stereocenters. The summed E-state index contributed by atoms with van der Waals surface area (Å²) in [4.78, 5) is 0. The van der Waals surface area contributed by atoms with Crippen molar-refractivity contribution in [2.75, 3.05) is 0 Å². The first-order chi connectivity index (χ1) is 15.6. The third-order valence-electron chi connectivity index (χ3n) is 7.28. The zero-order chi connectivity index (χ0) is 23.6. The lowest BCUT2D eigenvalue weighted by Gasteiger charge is -2.17. The van der Waals surface area contributed by atoms with Crippen LogP contribution in [0.3, 0.4) is 0 Å². The van der Waals surface area contributed by atoms with Gasteiger partial charge in [-0.1, -0.05) is 195 Å². The fourth-order valence-electron chi connectivity index (χ4n) is 4.97. The number of unbranched alkanes of at least 4 members (excludes halogenated alkanes) is 25. The van der Waals surface area contributed by atoms with Crippen molar-refractivity contribution in [2.24, 2.45) is 5.41 Å². The third-order valence-corrected chi connectivity index (χ3v) is 7.28. The minimum Gasteiger partial charge on any atom is -0.0654 e. The van der Waals surface area contributed by atoms with E-state index in [1.165, 1.54) is 173 Å². The molecule has 0 radical (unpaired) electrons. The number of hydrogen-bond donors (Lipinski definition) is 0. The quantitative estimate of drug-likeness (QED) is 0.115. The van der Waals surface area contributed by atoms with Gasteiger partial charge in [-0.25, -0.2) is 0 Å². The molecule has 0 aliphatic carbocycles. The largest absolute Gasteiger partial charge is 0.0654 e. The molecular weight excluding hydrogens is 384 g/mol. The van der Waals surface area contributed by atoms with Gasteiger partial charge in [-0.15, -0.1) is 0 Å². The maximum Gasteiger partial charge on any atom is -0.0383 e. The summed E-state index contributed by atoms with van der Waals surface area (Å²) in [6.07, 6.45) is 39.8. The Bertz CT molecular complexity index is 323. The second-order valence-corrected chi connectivity index (χ2v) is 12.1. The van der Waals surface area contributed by atoms with Crippen molar-refractivity contribution in [2.45, 2.75) is 201 Å². The van der Waals surface area contributed by atoms with E-state index in [4.69, 9.17) is 0 Å². The van der Waals surface area contributed by atoms with Gasteiger partial charge >= 0.3 is 0 Å². The molecule has 0 saturated carbocycles. The molecule has 0 saturated heterocycles. The highest BCUT2D eigenvalue weighted by Crippen LogP contribution is 2.23. The van der Waals surface area contributed by atoms with Crippen molar-refractivity contribution < 1.29 is 0 Å². The van der Waals surface area contributed by atoms with Crippen LogP contribution in [0.25, 0.3) is 0 Å². The summed E-state index contributed by atoms with van der Waals surface area (Å²) < 4.78 is 0. The van der Waals surface area contributed by atoms with Crippen LogP contribution in [0, 0.1) is 5.41 Å². The lowest BCUT2D eigenvalue weighted by molar-refractivity contribution is 0.356. The lowest BCUT2D eigenvalue weighted by atomic mass is 9.89. The van der Waals surface area contributed by atoms with Crippen molar-refractivity contribution in [1.82, 2.24) is 0 Å². The summed E-state index contributed by atoms with van der Waals surface area (Å²) in [5.41, 5.74) is 0.534. The highest BCUT2D eigenvalue weighted by atomic mass is 14.1. The average molecular weight is 451 g/mol. The van der Waals surface area contributed by atoms with Gasteiger partial charge < -0.3 is 0 Å². The Kier molecular flexibility index (Phi) is 25.6. The Morgan fingerprint density at radius 2 is 0.469 bits per heavy atom. The van der Waals surface area contributed by atoms with E-state index in [9.17, 15) is 0 Å². The number of hydrogen-bond acceptors (Lipinski definition) is 0. The molecule has 0 aliphatic rings. The second kappa shape index (κ2) is 25.6. The van der Waals surface area contributed by atoms with Crippen LogP contribution >= 0.6 is 0 Å². The van der Waals surface area contributed by atoms with Gasteiger partial charge in [0.15, 0.2) is 0 Å². The molecule has 0 heterocycles. The minimum absolute atomic E-state index is 0.534. The lowest BCUT2D eigenvalue weighted by Crippen LogP contribution is -2.03. The summed E-state index contributed by atoms with van der Waals surface area (Å²) in [5, 5.41) is 0. The van der Waals surface area contributed by atoms with E-state index < -0.39 is 0 Å². The van der Waals surface area contributed by atoms with E-state index in [1.807, 2.05) is 0 Å². The maximum absolute atomic E-state index is 2.37. The van der Waals surface area contributed by atoms with Crippen LogP contribution in [-0.4, -0.2) is 0 Å². The predicted octanol–water partition coefficient (Wildman–Crippen LogP) is 12.6. The zero-order valence-corrected chi connectivity index (χ0v) is 23.6. The van der Waals surface area contributed by atoms with Gasteiger partial charge in [-0.3, -0.25) is 0 Å². The third kappa shape index (κ3) is 30.0. The molecule has 194 valence electrons. The average Bonchev–Trinajstić information content (AvgIpc) is 2.75. The molecule has 0 bridgehead atoms. The van der Waals surface area contributed by atoms with Crippen molar-refractivity contribution >= 4 is 0 Å². The first-order valence-corrected chi connectivity index (χ1v) is 15.6. The van der Waals surface area contributed by atoms with Crippen LogP contribution in [-0.2, 0) is 0 Å². The van der Waals surface area contributed by atoms with Gasteiger partial charge in [0.1, 0.15) is 0 Å². The predicted molar refractivity (Wildman–Crippen MR) is 150 cm³/mol. The zero-order valence-electron chi connectivity index (χ0n) is 23.6. The minimum atomic E-state index is 0.534. The van der Waals surface area contributed by atoms with Crippen LogP contribution in [0.15, 0.2) is 0 Å². The maximum atomic E-state index is 2.37. The monoisotopic (exact) mass is 451 g/mol. The van der Waals surface area contributed by atoms with Gasteiger partial charge in [0.05, 0.1) is 0 Å². The van der Waals surface area contributed by atoms with Gasteiger partial charge in [-0.2, -0.15) is 0 Å². The van der Waals surface area contributed by atoms with E-state index in [0.29, 0.717) is 5.41 Å². The highest BCUT2D eigenvalue weighted by Gasteiger charge is 2.08. The fraction of sp³-hybridized carbons (Fsp3) is 1.00. The van der Waals surface area contributed by atoms with E-state index in [0.717, 1.165) is 0 Å². The van der Waals surface area contributed by atoms with Crippen molar-refractivity contribution in [3.63, 3.8) is 0 Å². The summed E-state index contributed by atoms with van der Waals surface area (Å²) in [5.74, 6) is 0. The number of rotatable bonds is 26. The van der Waals surface area contributed by atoms with Crippen LogP contribution in [0.1, 0.15) is 201 Å². The van der Waals surface area contributed by atoms with E-state index in [2.05, 4.69) is 27.7 Å². The molecule has 0 fully saturated rings. The highest BCUT2D eigenvalue weighted by molar-refractivity contribution is 4.61. The molecular formula is C32H66. The Morgan fingerprint density at radius 3 is 0.656 bits per heavy atom. The molecule has 0 aromatic heterocycles. The molecule has 0 N–H and O–H groups in total. The van der Waals surface area contributed by atoms with Crippen LogP contribution in [0.4, 0.5) is 0 Å². The normalized spacial score (nSPS) is 12.0. The molecule has 0 spiro atoms. The van der Waals surface area contributed by atoms with Crippen LogP contribution in [0.2, 0.25) is 0 Å². The first-order valence-electron chi connectivity index (χ1n) is 15.6. The van der Waals surface area contributed by atoms with Gasteiger partial charge in [0, 0.05) is 0 Å². The summed E-state index contributed by atoms with van der Waals surface area (Å²) in [6, 6.07) is 0. The molecule has 0 amide bonds. The van der Waals surface area contributed by atoms with Gasteiger partial charge in [0.25, 0.3) is 0 Å². The summed E-state index contributed by atoms with van der Waals surface area (Å²) in [6.45, 7) is 9.41. The van der Waals surface area contributed by atoms with E-state index >= 15 is 0 Å². The molecule has 0 rings (SSSR count). The standard InChI is InChI=1S/C32H66/c1-5-6-7-8-9-10-11-12-13-14-15-16-17-18-19-20-21-22-23-24-25-26-27-28-29-30-31-32(2,3)4/h5-31H2,1-4H3. The molecule has 0 unspecified atom stereocenters. The molecule has 0 aliphatic heterocycles. The molecule has 0 nitrogen and oxygen atoms in total. The Morgan fingerprint density at radius 1 is 0.281 bits per heavy atom. The van der Waals surface area contributed by atoms with Crippen molar-refractivity contribution in [3.05, 3.63) is 0 Å². The smallest absolute Gasteiger partial charge is 0.0383 e. The SMILES string of the molecule is CCCCCCCCCCCCCCCCCCCCCCCCCCCCC(C)(C)C. The molecule has 32 heavy (non-hydrogen) atoms. The first kappa shape index (κ1) is 32.0. The second-order valence-electron chi connectivity index (χ2n) is 12.1.